The van der Waals surface area contributed by atoms with Crippen molar-refractivity contribution >= 4 is 17.0 Å². The smallest absolute Gasteiger partial charge is 0.167 e. The fraction of sp³-hybridized carbons (Fsp3) is 0.233. The van der Waals surface area contributed by atoms with Crippen molar-refractivity contribution < 1.29 is 24.8 Å². The van der Waals surface area contributed by atoms with E-state index in [-0.39, 0.29) is 0 Å². The third-order valence-electron chi connectivity index (χ3n) is 7.39. The van der Waals surface area contributed by atoms with Gasteiger partial charge in [-0.2, -0.15) is 0 Å². The molecule has 10 nitrogen and oxygen atoms in total. The minimum Gasteiger partial charge on any atom is -0.497 e. The van der Waals surface area contributed by atoms with Gasteiger partial charge in [0, 0.05) is 0 Å². The molecule has 10 heteroatoms. The number of nitrogens with one attached hydrogen (secondary N) is 1. The predicted molar refractivity (Wildman–Crippen MR) is 148 cm³/mol. The summed E-state index contributed by atoms with van der Waals surface area (Å²) in [6.07, 6.45) is -1.51. The number of nitrogens with zero attached hydrogens (tertiary/aromatic N) is 4. The molecule has 40 heavy (non-hydrogen) atoms. The molecule has 5 aromatic rings. The van der Waals surface area contributed by atoms with Crippen LogP contribution in [0.5, 0.6) is 5.75 Å². The van der Waals surface area contributed by atoms with Gasteiger partial charge in [-0.25, -0.2) is 15.0 Å². The number of aliphatic hydroxyl groups is 3. The highest BCUT2D eigenvalue weighted by atomic mass is 16.6. The molecule has 0 saturated carbocycles. The van der Waals surface area contributed by atoms with E-state index in [2.05, 4.69) is 44.5 Å². The Hall–Kier alpha value is -4.35. The highest BCUT2D eigenvalue weighted by molar-refractivity contribution is 5.84. The largest absolute Gasteiger partial charge is 0.497 e. The van der Waals surface area contributed by atoms with Gasteiger partial charge in [-0.3, -0.25) is 4.57 Å². The predicted octanol–water partition coefficient (Wildman–Crippen LogP) is 2.85. The Morgan fingerprint density at radius 2 is 1.48 bits per heavy atom. The topological polar surface area (TPSA) is 135 Å². The fourth-order valence-electron chi connectivity index (χ4n) is 5.35. The molecule has 2 aromatic heterocycles. The second-order valence-electron chi connectivity index (χ2n) is 9.61. The Balaban J connectivity index is 1.52. The number of imidazole rings is 1. The van der Waals surface area contributed by atoms with E-state index in [0.29, 0.717) is 17.0 Å². The van der Waals surface area contributed by atoms with E-state index in [1.165, 1.54) is 12.7 Å². The van der Waals surface area contributed by atoms with Gasteiger partial charge in [0.2, 0.25) is 0 Å². The number of aromatic nitrogens is 4. The van der Waals surface area contributed by atoms with Crippen LogP contribution in [-0.2, 0) is 10.3 Å². The average Bonchev–Trinajstić information content (AvgIpc) is 3.57. The van der Waals surface area contributed by atoms with Crippen molar-refractivity contribution in [3.05, 3.63) is 114 Å². The second kappa shape index (κ2) is 10.7. The van der Waals surface area contributed by atoms with Crippen LogP contribution in [0.15, 0.2) is 97.6 Å². The lowest BCUT2D eigenvalue weighted by atomic mass is 9.77. The Bertz CT molecular complexity index is 1540. The molecular weight excluding hydrogens is 510 g/mol. The first-order valence-electron chi connectivity index (χ1n) is 12.9. The van der Waals surface area contributed by atoms with Gasteiger partial charge in [-0.05, 0) is 28.8 Å². The fourth-order valence-corrected chi connectivity index (χ4v) is 5.35. The summed E-state index contributed by atoms with van der Waals surface area (Å²) in [7, 11) is 1.63. The van der Waals surface area contributed by atoms with Crippen LogP contribution in [0.25, 0.3) is 11.2 Å². The van der Waals surface area contributed by atoms with Crippen molar-refractivity contribution in [3.63, 3.8) is 0 Å². The Morgan fingerprint density at radius 3 is 2.05 bits per heavy atom. The minimum absolute atomic E-state index is 0.400. The Labute approximate surface area is 230 Å². The maximum atomic E-state index is 10.6. The van der Waals surface area contributed by atoms with Crippen molar-refractivity contribution in [1.29, 1.82) is 0 Å². The first kappa shape index (κ1) is 25.9. The maximum absolute atomic E-state index is 10.6. The standard InChI is InChI=1S/C30H29N5O5/c1-39-22-14-12-21(13-15-22)30(19-8-4-2-5-9-19,20-10-6-3-7-11-20)34-27-24-28(32-17-31-27)35(18-33-24)29-26(38)25(37)23(16-36)40-29/h2-15,17-18,23,25-26,29,36-38H,16H2,1H3,(H,31,32,34). The zero-order valence-electron chi connectivity index (χ0n) is 21.7. The molecule has 1 aliphatic rings. The van der Waals surface area contributed by atoms with Crippen LogP contribution < -0.4 is 10.1 Å². The van der Waals surface area contributed by atoms with Gasteiger partial charge in [0.15, 0.2) is 23.2 Å². The number of fused-ring (bicyclic) bond motifs is 1. The van der Waals surface area contributed by atoms with Crippen LogP contribution in [0.3, 0.4) is 0 Å². The molecule has 1 saturated heterocycles. The summed E-state index contributed by atoms with van der Waals surface area (Å²) < 4.78 is 12.7. The van der Waals surface area contributed by atoms with Crippen LogP contribution in [-0.4, -0.2) is 66.9 Å². The maximum Gasteiger partial charge on any atom is 0.167 e. The summed E-state index contributed by atoms with van der Waals surface area (Å²) in [5.41, 5.74) is 2.85. The molecule has 0 spiro atoms. The number of methoxy groups -OCH3 is 1. The quantitative estimate of drug-likeness (QED) is 0.220. The van der Waals surface area contributed by atoms with Crippen molar-refractivity contribution in [2.45, 2.75) is 30.1 Å². The van der Waals surface area contributed by atoms with E-state index >= 15 is 0 Å². The zero-order chi connectivity index (χ0) is 27.7. The van der Waals surface area contributed by atoms with Crippen LogP contribution in [0.2, 0.25) is 0 Å². The molecule has 0 aliphatic carbocycles. The monoisotopic (exact) mass is 539 g/mol. The SMILES string of the molecule is COc1ccc(C(Nc2ncnc3c2ncn3C2OC(CO)C(O)C2O)(c2ccccc2)c2ccccc2)cc1. The lowest BCUT2D eigenvalue weighted by Crippen LogP contribution is -2.38. The van der Waals surface area contributed by atoms with Crippen molar-refractivity contribution in [2.75, 3.05) is 19.0 Å². The molecular formula is C30H29N5O5. The molecule has 0 bridgehead atoms. The van der Waals surface area contributed by atoms with E-state index in [0.717, 1.165) is 22.4 Å². The molecule has 3 heterocycles. The molecule has 4 atom stereocenters. The van der Waals surface area contributed by atoms with E-state index in [1.54, 1.807) is 11.7 Å². The molecule has 1 fully saturated rings. The van der Waals surface area contributed by atoms with Crippen LogP contribution in [0, 0.1) is 0 Å². The summed E-state index contributed by atoms with van der Waals surface area (Å²) in [6.45, 7) is -0.429. The summed E-state index contributed by atoms with van der Waals surface area (Å²) in [5.74, 6) is 1.19. The highest BCUT2D eigenvalue weighted by Crippen LogP contribution is 2.41. The number of benzene rings is 3. The molecule has 204 valence electrons. The number of hydrogen-bond donors (Lipinski definition) is 4. The summed E-state index contributed by atoms with van der Waals surface area (Å²) in [6, 6.07) is 28.0. The van der Waals surface area contributed by atoms with Gasteiger partial charge < -0.3 is 30.1 Å². The molecule has 1 aliphatic heterocycles. The molecule has 4 N–H and O–H groups in total. The normalized spacial score (nSPS) is 21.0. The highest BCUT2D eigenvalue weighted by Gasteiger charge is 2.44. The molecule has 0 radical (unpaired) electrons. The molecule has 4 unspecified atom stereocenters. The van der Waals surface area contributed by atoms with Crippen LogP contribution in [0.4, 0.5) is 5.82 Å². The summed E-state index contributed by atoms with van der Waals surface area (Å²) >= 11 is 0. The third kappa shape index (κ3) is 4.27. The van der Waals surface area contributed by atoms with Gasteiger partial charge in [0.25, 0.3) is 0 Å². The number of ether oxygens (including phenoxy) is 2. The molecule has 3 aromatic carbocycles. The summed E-state index contributed by atoms with van der Waals surface area (Å²) in [5, 5.41) is 34.2. The van der Waals surface area contributed by atoms with Crippen LogP contribution >= 0.6 is 0 Å². The second-order valence-corrected chi connectivity index (χ2v) is 9.61. The lowest BCUT2D eigenvalue weighted by molar-refractivity contribution is -0.0511. The van der Waals surface area contributed by atoms with E-state index in [1.807, 2.05) is 60.7 Å². The molecule has 6 rings (SSSR count). The van der Waals surface area contributed by atoms with Crippen molar-refractivity contribution in [1.82, 2.24) is 19.5 Å². The Morgan fingerprint density at radius 1 is 0.850 bits per heavy atom. The first-order chi connectivity index (χ1) is 19.6. The van der Waals surface area contributed by atoms with Crippen molar-refractivity contribution in [3.8, 4) is 5.75 Å². The van der Waals surface area contributed by atoms with E-state index < -0.39 is 36.7 Å². The Kier molecular flexibility index (Phi) is 6.91. The number of aliphatic hydroxyl groups excluding tert-OH is 3. The summed E-state index contributed by atoms with van der Waals surface area (Å²) in [4.78, 5) is 13.6. The van der Waals surface area contributed by atoms with Gasteiger partial charge in [-0.15, -0.1) is 0 Å². The van der Waals surface area contributed by atoms with Crippen molar-refractivity contribution in [2.24, 2.45) is 0 Å². The third-order valence-corrected chi connectivity index (χ3v) is 7.39. The number of anilines is 1. The van der Waals surface area contributed by atoms with Gasteiger partial charge in [0.05, 0.1) is 20.0 Å². The lowest BCUT2D eigenvalue weighted by Gasteiger charge is -2.37. The average molecular weight is 540 g/mol. The number of hydrogen-bond acceptors (Lipinski definition) is 9. The number of rotatable bonds is 8. The molecule has 0 amide bonds. The minimum atomic E-state index is -1.27. The van der Waals surface area contributed by atoms with Gasteiger partial charge in [-0.1, -0.05) is 72.8 Å². The van der Waals surface area contributed by atoms with Gasteiger partial charge >= 0.3 is 0 Å². The first-order valence-corrected chi connectivity index (χ1v) is 12.9. The van der Waals surface area contributed by atoms with Crippen LogP contribution in [0.1, 0.15) is 22.9 Å². The zero-order valence-corrected chi connectivity index (χ0v) is 21.7. The van der Waals surface area contributed by atoms with E-state index in [9.17, 15) is 15.3 Å². The van der Waals surface area contributed by atoms with Gasteiger partial charge in [0.1, 0.15) is 35.9 Å². The van der Waals surface area contributed by atoms with E-state index in [4.69, 9.17) is 9.47 Å².